The van der Waals surface area contributed by atoms with E-state index in [1.165, 1.54) is 24.5 Å². The van der Waals surface area contributed by atoms with Gasteiger partial charge in [-0.1, -0.05) is 30.1 Å². The predicted octanol–water partition coefficient (Wildman–Crippen LogP) is 4.28. The maximum atomic E-state index is 13.0. The number of nitrogens with zero attached hydrogens (tertiary/aromatic N) is 2. The number of aromatic nitrogens is 2. The largest absolute Gasteiger partial charge is 0.439 e. The van der Waals surface area contributed by atoms with Gasteiger partial charge in [-0.2, -0.15) is 0 Å². The third-order valence-corrected chi connectivity index (χ3v) is 2.93. The van der Waals surface area contributed by atoms with Gasteiger partial charge < -0.3 is 4.74 Å². The first kappa shape index (κ1) is 13.1. The van der Waals surface area contributed by atoms with Crippen LogP contribution in [-0.4, -0.2) is 9.97 Å². The molecule has 0 bridgehead atoms. The van der Waals surface area contributed by atoms with Gasteiger partial charge in [-0.3, -0.25) is 0 Å². The number of hydrogen-bond donors (Lipinski definition) is 0. The highest BCUT2D eigenvalue weighted by molar-refractivity contribution is 6.31. The van der Waals surface area contributed by atoms with Crippen LogP contribution in [0.5, 0.6) is 11.6 Å². The molecular formula is C12H9Cl2FN2O. The Kier molecular flexibility index (Phi) is 3.99. The normalized spacial score (nSPS) is 10.4. The van der Waals surface area contributed by atoms with Crippen LogP contribution >= 0.6 is 23.2 Å². The molecule has 0 saturated carbocycles. The van der Waals surface area contributed by atoms with Gasteiger partial charge in [0.15, 0.2) is 0 Å². The van der Waals surface area contributed by atoms with Crippen molar-refractivity contribution < 1.29 is 9.13 Å². The summed E-state index contributed by atoms with van der Waals surface area (Å²) in [5.74, 6) is 0.242. The lowest BCUT2D eigenvalue weighted by Crippen LogP contribution is -1.96. The number of rotatable bonds is 3. The second-order valence-corrected chi connectivity index (χ2v) is 4.24. The van der Waals surface area contributed by atoms with Crippen LogP contribution in [0.3, 0.4) is 0 Å². The summed E-state index contributed by atoms with van der Waals surface area (Å²) in [5.41, 5.74) is 0.694. The van der Waals surface area contributed by atoms with E-state index in [2.05, 4.69) is 9.97 Å². The summed E-state index contributed by atoms with van der Waals surface area (Å²) in [6.07, 6.45) is 1.94. The number of halogens is 3. The summed E-state index contributed by atoms with van der Waals surface area (Å²) in [6.45, 7) is 1.91. The molecule has 18 heavy (non-hydrogen) atoms. The first-order chi connectivity index (χ1) is 8.61. The maximum absolute atomic E-state index is 13.0. The lowest BCUT2D eigenvalue weighted by atomic mass is 10.2. The minimum atomic E-state index is -0.500. The maximum Gasteiger partial charge on any atom is 0.226 e. The highest BCUT2D eigenvalue weighted by atomic mass is 35.5. The summed E-state index contributed by atoms with van der Waals surface area (Å²) in [6, 6.07) is 4.08. The van der Waals surface area contributed by atoms with Crippen molar-refractivity contribution in [2.24, 2.45) is 0 Å². The minimum Gasteiger partial charge on any atom is -0.439 e. The van der Waals surface area contributed by atoms with Gasteiger partial charge in [-0.05, 0) is 18.6 Å². The molecule has 3 nitrogen and oxygen atoms in total. The Morgan fingerprint density at radius 3 is 2.72 bits per heavy atom. The molecule has 0 saturated heterocycles. The van der Waals surface area contributed by atoms with Gasteiger partial charge in [-0.25, -0.2) is 14.4 Å². The molecule has 0 aliphatic heterocycles. The first-order valence-corrected chi connectivity index (χ1v) is 5.99. The molecule has 0 spiro atoms. The van der Waals surface area contributed by atoms with Gasteiger partial charge in [0.1, 0.15) is 23.0 Å². The van der Waals surface area contributed by atoms with E-state index in [-0.39, 0.29) is 5.02 Å². The van der Waals surface area contributed by atoms with Gasteiger partial charge in [0.05, 0.1) is 10.6 Å². The van der Waals surface area contributed by atoms with Crippen molar-refractivity contribution in [3.63, 3.8) is 0 Å². The molecule has 0 N–H and O–H groups in total. The van der Waals surface area contributed by atoms with Gasteiger partial charge in [-0.15, -0.1) is 0 Å². The molecule has 1 aromatic carbocycles. The highest BCUT2D eigenvalue weighted by Gasteiger charge is 2.11. The summed E-state index contributed by atoms with van der Waals surface area (Å²) in [5, 5.41) is 0.335. The lowest BCUT2D eigenvalue weighted by molar-refractivity contribution is 0.453. The molecule has 1 aromatic heterocycles. The summed E-state index contributed by atoms with van der Waals surface area (Å²) in [7, 11) is 0. The van der Waals surface area contributed by atoms with Crippen molar-refractivity contribution in [2.45, 2.75) is 13.3 Å². The Morgan fingerprint density at radius 2 is 2.06 bits per heavy atom. The van der Waals surface area contributed by atoms with Crippen LogP contribution in [0.2, 0.25) is 10.2 Å². The monoisotopic (exact) mass is 286 g/mol. The first-order valence-electron chi connectivity index (χ1n) is 5.24. The molecule has 94 valence electrons. The zero-order chi connectivity index (χ0) is 13.1. The molecule has 2 rings (SSSR count). The fraction of sp³-hybridized carbons (Fsp3) is 0.167. The van der Waals surface area contributed by atoms with Gasteiger partial charge in [0.25, 0.3) is 0 Å². The zero-order valence-electron chi connectivity index (χ0n) is 9.45. The molecule has 0 radical (unpaired) electrons. The average molecular weight is 287 g/mol. The van der Waals surface area contributed by atoms with E-state index < -0.39 is 5.82 Å². The molecule has 1 heterocycles. The summed E-state index contributed by atoms with van der Waals surface area (Å²) < 4.78 is 18.5. The van der Waals surface area contributed by atoms with Crippen LogP contribution in [0, 0.1) is 5.82 Å². The van der Waals surface area contributed by atoms with Crippen LogP contribution in [0.4, 0.5) is 4.39 Å². The molecule has 0 aliphatic carbocycles. The second kappa shape index (κ2) is 5.50. The fourth-order valence-corrected chi connectivity index (χ4v) is 1.84. The Bertz CT molecular complexity index is 578. The van der Waals surface area contributed by atoms with E-state index in [1.807, 2.05) is 6.92 Å². The molecule has 2 aromatic rings. The van der Waals surface area contributed by atoms with Crippen LogP contribution in [0.1, 0.15) is 12.5 Å². The topological polar surface area (TPSA) is 35.0 Å². The van der Waals surface area contributed by atoms with Crippen molar-refractivity contribution >= 4 is 23.2 Å². The Balaban J connectivity index is 2.34. The number of hydrogen-bond acceptors (Lipinski definition) is 3. The fourth-order valence-electron chi connectivity index (χ4n) is 1.41. The van der Waals surface area contributed by atoms with Crippen molar-refractivity contribution in [1.29, 1.82) is 0 Å². The van der Waals surface area contributed by atoms with Crippen LogP contribution in [0.25, 0.3) is 0 Å². The smallest absolute Gasteiger partial charge is 0.226 e. The Labute approximate surface area is 114 Å². The molecule has 0 unspecified atom stereocenters. The average Bonchev–Trinajstić information content (AvgIpc) is 2.34. The van der Waals surface area contributed by atoms with Gasteiger partial charge in [0.2, 0.25) is 5.88 Å². The molecule has 0 amide bonds. The van der Waals surface area contributed by atoms with Crippen LogP contribution < -0.4 is 4.74 Å². The highest BCUT2D eigenvalue weighted by Crippen LogP contribution is 2.29. The van der Waals surface area contributed by atoms with E-state index in [9.17, 15) is 4.39 Å². The molecule has 6 heteroatoms. The molecule has 0 atom stereocenters. The van der Waals surface area contributed by atoms with Crippen molar-refractivity contribution in [1.82, 2.24) is 9.97 Å². The van der Waals surface area contributed by atoms with E-state index >= 15 is 0 Å². The van der Waals surface area contributed by atoms with E-state index in [0.29, 0.717) is 28.8 Å². The Morgan fingerprint density at radius 1 is 1.28 bits per heavy atom. The van der Waals surface area contributed by atoms with E-state index in [4.69, 9.17) is 27.9 Å². The third-order valence-electron chi connectivity index (χ3n) is 2.31. The van der Waals surface area contributed by atoms with Crippen molar-refractivity contribution in [3.05, 3.63) is 46.1 Å². The second-order valence-electron chi connectivity index (χ2n) is 3.48. The third kappa shape index (κ3) is 2.71. The van der Waals surface area contributed by atoms with Gasteiger partial charge >= 0.3 is 0 Å². The SMILES string of the molecule is CCc1c(Cl)ncnc1Oc1ccc(F)c(Cl)c1. The van der Waals surface area contributed by atoms with Gasteiger partial charge in [0, 0.05) is 6.07 Å². The van der Waals surface area contributed by atoms with Crippen LogP contribution in [0.15, 0.2) is 24.5 Å². The standard InChI is InChI=1S/C12H9Cl2FN2O/c1-2-8-11(14)16-6-17-12(8)18-7-3-4-10(15)9(13)5-7/h3-6H,2H2,1H3. The summed E-state index contributed by atoms with van der Waals surface area (Å²) in [4.78, 5) is 7.88. The van der Waals surface area contributed by atoms with E-state index in [1.54, 1.807) is 0 Å². The minimum absolute atomic E-state index is 0.00861. The molecular weight excluding hydrogens is 278 g/mol. The van der Waals surface area contributed by atoms with Crippen molar-refractivity contribution in [3.8, 4) is 11.6 Å². The summed E-state index contributed by atoms with van der Waals surface area (Å²) >= 11 is 11.6. The van der Waals surface area contributed by atoms with Crippen molar-refractivity contribution in [2.75, 3.05) is 0 Å². The zero-order valence-corrected chi connectivity index (χ0v) is 11.0. The Hall–Kier alpha value is -1.39. The number of ether oxygens (including phenoxy) is 1. The number of benzene rings is 1. The van der Waals surface area contributed by atoms with E-state index in [0.717, 1.165) is 0 Å². The molecule has 0 fully saturated rings. The molecule has 0 aliphatic rings. The lowest BCUT2D eigenvalue weighted by Gasteiger charge is -2.09. The van der Waals surface area contributed by atoms with Crippen LogP contribution in [-0.2, 0) is 6.42 Å². The quantitative estimate of drug-likeness (QED) is 0.790. The predicted molar refractivity (Wildman–Crippen MR) is 67.9 cm³/mol.